The molecular formula is C17H19Cl2N3O4S. The van der Waals surface area contributed by atoms with Crippen LogP contribution in [-0.4, -0.2) is 38.1 Å². The molecule has 0 unspecified atom stereocenters. The van der Waals surface area contributed by atoms with E-state index in [0.717, 1.165) is 12.8 Å². The summed E-state index contributed by atoms with van der Waals surface area (Å²) in [6.07, 6.45) is 3.11. The fraction of sp³-hybridized carbons (Fsp3) is 0.294. The Morgan fingerprint density at radius 1 is 1.26 bits per heavy atom. The van der Waals surface area contributed by atoms with E-state index in [0.29, 0.717) is 6.54 Å². The van der Waals surface area contributed by atoms with Crippen LogP contribution in [-0.2, 0) is 10.0 Å². The molecule has 1 aromatic heterocycles. The molecule has 0 saturated heterocycles. The van der Waals surface area contributed by atoms with Gasteiger partial charge in [0.2, 0.25) is 0 Å². The number of carbonyl (C=O) groups is 1. The number of nitrogens with one attached hydrogen (secondary N) is 1. The number of aromatic nitrogens is 1. The number of rotatable bonds is 8. The molecule has 0 aliphatic heterocycles. The lowest BCUT2D eigenvalue weighted by molar-refractivity contribution is 0.0697. The number of carboxylic acid groups (broad SMARTS) is 1. The van der Waals surface area contributed by atoms with Crippen LogP contribution in [0.4, 0.5) is 11.5 Å². The Balaban J connectivity index is 2.34. The Morgan fingerprint density at radius 3 is 2.56 bits per heavy atom. The summed E-state index contributed by atoms with van der Waals surface area (Å²) in [6.45, 7) is 2.67. The number of sulfonamides is 1. The number of pyridine rings is 1. The van der Waals surface area contributed by atoms with E-state index in [1.807, 2.05) is 6.92 Å². The summed E-state index contributed by atoms with van der Waals surface area (Å²) in [5.41, 5.74) is -0.0611. The van der Waals surface area contributed by atoms with Gasteiger partial charge in [0.05, 0.1) is 26.8 Å². The molecule has 0 saturated carbocycles. The van der Waals surface area contributed by atoms with Gasteiger partial charge in [-0.25, -0.2) is 18.2 Å². The van der Waals surface area contributed by atoms with Crippen LogP contribution >= 0.6 is 23.2 Å². The lowest BCUT2D eigenvalue weighted by Gasteiger charge is -2.20. The number of unbranched alkanes of at least 4 members (excludes halogenated alkanes) is 1. The summed E-state index contributed by atoms with van der Waals surface area (Å²) in [7, 11) is -2.24. The normalized spacial score (nSPS) is 11.3. The van der Waals surface area contributed by atoms with E-state index >= 15 is 0 Å². The van der Waals surface area contributed by atoms with Crippen LogP contribution < -0.4 is 9.62 Å². The van der Waals surface area contributed by atoms with E-state index in [1.54, 1.807) is 11.9 Å². The third kappa shape index (κ3) is 5.24. The van der Waals surface area contributed by atoms with E-state index in [-0.39, 0.29) is 32.0 Å². The number of halogens is 2. The minimum Gasteiger partial charge on any atom is -0.478 e. The van der Waals surface area contributed by atoms with Crippen molar-refractivity contribution in [1.82, 2.24) is 4.98 Å². The molecule has 10 heteroatoms. The van der Waals surface area contributed by atoms with Crippen LogP contribution in [0.1, 0.15) is 30.1 Å². The average Bonchev–Trinajstić information content (AvgIpc) is 2.61. The highest BCUT2D eigenvalue weighted by atomic mass is 35.5. The number of anilines is 2. The summed E-state index contributed by atoms with van der Waals surface area (Å²) in [5, 5.41) is 9.79. The van der Waals surface area contributed by atoms with Crippen LogP contribution in [0.5, 0.6) is 0 Å². The minimum absolute atomic E-state index is 0.0334. The zero-order valence-electron chi connectivity index (χ0n) is 14.7. The van der Waals surface area contributed by atoms with Crippen molar-refractivity contribution in [2.75, 3.05) is 23.2 Å². The standard InChI is InChI=1S/C17H19Cl2N3O4S/c1-3-4-7-22(2)16-13(17(23)24)8-11(10-20-16)21-27(25,26)12-5-6-14(18)15(19)9-12/h5-6,8-10,21H,3-4,7H2,1-2H3,(H,23,24). The smallest absolute Gasteiger partial charge is 0.339 e. The largest absolute Gasteiger partial charge is 0.478 e. The topological polar surface area (TPSA) is 99.6 Å². The van der Waals surface area contributed by atoms with Crippen molar-refractivity contribution in [2.24, 2.45) is 0 Å². The van der Waals surface area contributed by atoms with Gasteiger partial charge < -0.3 is 10.0 Å². The molecule has 146 valence electrons. The highest BCUT2D eigenvalue weighted by molar-refractivity contribution is 7.92. The number of benzene rings is 1. The first-order valence-corrected chi connectivity index (χ1v) is 10.3. The molecule has 1 aromatic carbocycles. The lowest BCUT2D eigenvalue weighted by Crippen LogP contribution is -2.23. The maximum Gasteiger partial charge on any atom is 0.339 e. The number of hydrogen-bond donors (Lipinski definition) is 2. The van der Waals surface area contributed by atoms with Crippen LogP contribution in [0.15, 0.2) is 35.4 Å². The Hall–Kier alpha value is -2.03. The van der Waals surface area contributed by atoms with Crippen molar-refractivity contribution < 1.29 is 18.3 Å². The predicted molar refractivity (Wildman–Crippen MR) is 107 cm³/mol. The van der Waals surface area contributed by atoms with Gasteiger partial charge in [-0.2, -0.15) is 0 Å². The number of aromatic carboxylic acids is 1. The number of carboxylic acids is 1. The maximum atomic E-state index is 12.5. The lowest BCUT2D eigenvalue weighted by atomic mass is 10.2. The second kappa shape index (κ2) is 8.77. The number of hydrogen-bond acceptors (Lipinski definition) is 5. The van der Waals surface area contributed by atoms with Gasteiger partial charge in [0.15, 0.2) is 0 Å². The molecular weight excluding hydrogens is 413 g/mol. The molecule has 0 atom stereocenters. The highest BCUT2D eigenvalue weighted by Crippen LogP contribution is 2.27. The summed E-state index contributed by atoms with van der Waals surface area (Å²) < 4.78 is 27.3. The molecule has 0 aliphatic carbocycles. The third-order valence-electron chi connectivity index (χ3n) is 3.76. The van der Waals surface area contributed by atoms with Gasteiger partial charge >= 0.3 is 5.97 Å². The Bertz CT molecular complexity index is 951. The summed E-state index contributed by atoms with van der Waals surface area (Å²) in [5.74, 6) is -0.926. The van der Waals surface area contributed by atoms with Crippen molar-refractivity contribution in [3.8, 4) is 0 Å². The van der Waals surface area contributed by atoms with Gasteiger partial charge in [-0.15, -0.1) is 0 Å². The monoisotopic (exact) mass is 431 g/mol. The van der Waals surface area contributed by atoms with E-state index in [9.17, 15) is 18.3 Å². The molecule has 7 nitrogen and oxygen atoms in total. The first kappa shape index (κ1) is 21.3. The highest BCUT2D eigenvalue weighted by Gasteiger charge is 2.20. The molecule has 2 rings (SSSR count). The molecule has 0 aliphatic rings. The van der Waals surface area contributed by atoms with E-state index < -0.39 is 16.0 Å². The maximum absolute atomic E-state index is 12.5. The Labute approximate surface area is 168 Å². The second-order valence-corrected chi connectivity index (χ2v) is 8.35. The summed E-state index contributed by atoms with van der Waals surface area (Å²) in [6, 6.07) is 5.12. The molecule has 0 spiro atoms. The fourth-order valence-electron chi connectivity index (χ4n) is 2.33. The van der Waals surface area contributed by atoms with Gasteiger partial charge in [-0.3, -0.25) is 4.72 Å². The average molecular weight is 432 g/mol. The Kier molecular flexibility index (Phi) is 6.91. The van der Waals surface area contributed by atoms with Crippen molar-refractivity contribution >= 4 is 50.7 Å². The van der Waals surface area contributed by atoms with E-state index in [4.69, 9.17) is 23.2 Å². The zero-order chi connectivity index (χ0) is 20.2. The van der Waals surface area contributed by atoms with Crippen LogP contribution in [0.3, 0.4) is 0 Å². The van der Waals surface area contributed by atoms with Crippen LogP contribution in [0, 0.1) is 0 Å². The first-order valence-electron chi connectivity index (χ1n) is 8.08. The quantitative estimate of drug-likeness (QED) is 0.651. The van der Waals surface area contributed by atoms with E-state index in [1.165, 1.54) is 30.5 Å². The van der Waals surface area contributed by atoms with Crippen molar-refractivity contribution in [3.05, 3.63) is 46.1 Å². The predicted octanol–water partition coefficient (Wildman–Crippen LogP) is 4.12. The van der Waals surface area contributed by atoms with Gasteiger partial charge in [0.25, 0.3) is 10.0 Å². The third-order valence-corrected chi connectivity index (χ3v) is 5.88. The van der Waals surface area contributed by atoms with Gasteiger partial charge in [-0.05, 0) is 30.7 Å². The van der Waals surface area contributed by atoms with Crippen molar-refractivity contribution in [2.45, 2.75) is 24.7 Å². The SMILES string of the molecule is CCCCN(C)c1ncc(NS(=O)(=O)c2ccc(Cl)c(Cl)c2)cc1C(=O)O. The molecule has 0 radical (unpaired) electrons. The van der Waals surface area contributed by atoms with Gasteiger partial charge in [0, 0.05) is 13.6 Å². The Morgan fingerprint density at radius 2 is 1.96 bits per heavy atom. The van der Waals surface area contributed by atoms with Crippen molar-refractivity contribution in [1.29, 1.82) is 0 Å². The molecule has 2 N–H and O–H groups in total. The molecule has 2 aromatic rings. The van der Waals surface area contributed by atoms with Gasteiger partial charge in [-0.1, -0.05) is 36.5 Å². The first-order chi connectivity index (χ1) is 12.7. The second-order valence-electron chi connectivity index (χ2n) is 5.86. The minimum atomic E-state index is -3.98. The molecule has 0 bridgehead atoms. The fourth-order valence-corrected chi connectivity index (χ4v) is 3.76. The number of nitrogens with zero attached hydrogens (tertiary/aromatic N) is 2. The summed E-state index contributed by atoms with van der Waals surface area (Å²) in [4.78, 5) is 17.4. The van der Waals surface area contributed by atoms with E-state index in [2.05, 4.69) is 9.71 Å². The van der Waals surface area contributed by atoms with Gasteiger partial charge in [0.1, 0.15) is 11.4 Å². The van der Waals surface area contributed by atoms with Crippen LogP contribution in [0.2, 0.25) is 10.0 Å². The molecule has 27 heavy (non-hydrogen) atoms. The zero-order valence-corrected chi connectivity index (χ0v) is 17.1. The molecule has 0 fully saturated rings. The summed E-state index contributed by atoms with van der Waals surface area (Å²) >= 11 is 11.7. The molecule has 1 heterocycles. The van der Waals surface area contributed by atoms with Crippen LogP contribution in [0.25, 0.3) is 0 Å². The molecule has 0 amide bonds. The van der Waals surface area contributed by atoms with Crippen molar-refractivity contribution in [3.63, 3.8) is 0 Å².